The predicted molar refractivity (Wildman–Crippen MR) is 107 cm³/mol. The molecule has 1 aliphatic heterocycles. The van der Waals surface area contributed by atoms with Crippen LogP contribution in [0, 0.1) is 6.92 Å². The first-order valence-electron chi connectivity index (χ1n) is 8.93. The second kappa shape index (κ2) is 6.86. The lowest BCUT2D eigenvalue weighted by Gasteiger charge is -2.32. The van der Waals surface area contributed by atoms with Crippen molar-refractivity contribution in [2.75, 3.05) is 0 Å². The van der Waals surface area contributed by atoms with E-state index >= 15 is 0 Å². The lowest BCUT2D eigenvalue weighted by Crippen LogP contribution is -2.41. The zero-order valence-electron chi connectivity index (χ0n) is 16.1. The van der Waals surface area contributed by atoms with Gasteiger partial charge in [0.15, 0.2) is 5.78 Å². The molecule has 0 N–H and O–H groups in total. The van der Waals surface area contributed by atoms with Crippen molar-refractivity contribution in [3.05, 3.63) is 71.3 Å². The standard InChI is InChI=1S/C22H25BO3/c1-16-10-12-17(13-11-16)14-15-20(24)18-8-6-7-9-19(18)23-25-21(2,3)22(4,5)26-23/h6-15H,1-5H3/b15-14+. The fourth-order valence-electron chi connectivity index (χ4n) is 2.84. The number of benzene rings is 2. The molecule has 1 aliphatic rings. The zero-order valence-corrected chi connectivity index (χ0v) is 16.1. The van der Waals surface area contributed by atoms with Crippen LogP contribution in [0.25, 0.3) is 6.08 Å². The molecule has 0 radical (unpaired) electrons. The summed E-state index contributed by atoms with van der Waals surface area (Å²) in [6, 6.07) is 15.5. The van der Waals surface area contributed by atoms with Gasteiger partial charge in [0.25, 0.3) is 0 Å². The van der Waals surface area contributed by atoms with Gasteiger partial charge in [-0.1, -0.05) is 60.2 Å². The first kappa shape index (κ1) is 18.6. The predicted octanol–water partition coefficient (Wildman–Crippen LogP) is 4.19. The molecular formula is C22H25BO3. The summed E-state index contributed by atoms with van der Waals surface area (Å²) in [5.74, 6) is -0.0594. The topological polar surface area (TPSA) is 35.5 Å². The maximum absolute atomic E-state index is 12.8. The summed E-state index contributed by atoms with van der Waals surface area (Å²) in [6.45, 7) is 10.1. The molecule has 0 atom stereocenters. The van der Waals surface area contributed by atoms with Gasteiger partial charge in [-0.25, -0.2) is 0 Å². The van der Waals surface area contributed by atoms with E-state index in [1.165, 1.54) is 5.56 Å². The van der Waals surface area contributed by atoms with Gasteiger partial charge in [0.1, 0.15) is 0 Å². The molecule has 1 heterocycles. The number of carbonyl (C=O) groups excluding carboxylic acids is 1. The normalized spacial score (nSPS) is 18.4. The lowest BCUT2D eigenvalue weighted by atomic mass is 9.75. The smallest absolute Gasteiger partial charge is 0.399 e. The molecule has 0 amide bonds. The van der Waals surface area contributed by atoms with Gasteiger partial charge in [0.05, 0.1) is 11.2 Å². The summed E-state index contributed by atoms with van der Waals surface area (Å²) >= 11 is 0. The van der Waals surface area contributed by atoms with Gasteiger partial charge < -0.3 is 9.31 Å². The SMILES string of the molecule is Cc1ccc(/C=C/C(=O)c2ccccc2B2OC(C)(C)C(C)(C)O2)cc1. The monoisotopic (exact) mass is 348 g/mol. The van der Waals surface area contributed by atoms with Gasteiger partial charge in [-0.05, 0) is 51.7 Å². The molecule has 3 nitrogen and oxygen atoms in total. The summed E-state index contributed by atoms with van der Waals surface area (Å²) in [5, 5.41) is 0. The van der Waals surface area contributed by atoms with Crippen LogP contribution in [0.2, 0.25) is 0 Å². The second-order valence-electron chi connectivity index (χ2n) is 7.78. The zero-order chi connectivity index (χ0) is 18.9. The number of hydrogen-bond donors (Lipinski definition) is 0. The fourth-order valence-corrected chi connectivity index (χ4v) is 2.84. The van der Waals surface area contributed by atoms with E-state index in [1.807, 2.05) is 89.2 Å². The van der Waals surface area contributed by atoms with Gasteiger partial charge in [0, 0.05) is 5.56 Å². The molecule has 0 bridgehead atoms. The highest BCUT2D eigenvalue weighted by Gasteiger charge is 2.52. The number of allylic oxidation sites excluding steroid dienone is 1. The Morgan fingerprint density at radius 2 is 1.50 bits per heavy atom. The molecule has 4 heteroatoms. The third-order valence-corrected chi connectivity index (χ3v) is 5.24. The average molecular weight is 348 g/mol. The molecule has 26 heavy (non-hydrogen) atoms. The molecule has 3 rings (SSSR count). The molecule has 2 aromatic carbocycles. The van der Waals surface area contributed by atoms with Crippen LogP contribution < -0.4 is 5.46 Å². The molecule has 1 fully saturated rings. The van der Waals surface area contributed by atoms with Crippen LogP contribution in [0.1, 0.15) is 49.2 Å². The van der Waals surface area contributed by atoms with Gasteiger partial charge in [-0.3, -0.25) is 4.79 Å². The maximum atomic E-state index is 12.8. The van der Waals surface area contributed by atoms with Crippen molar-refractivity contribution in [2.24, 2.45) is 0 Å². The van der Waals surface area contributed by atoms with Crippen molar-refractivity contribution < 1.29 is 14.1 Å². The molecule has 134 valence electrons. The maximum Gasteiger partial charge on any atom is 0.495 e. The Morgan fingerprint density at radius 3 is 2.12 bits per heavy atom. The molecule has 0 spiro atoms. The Bertz CT molecular complexity index is 819. The number of rotatable bonds is 4. The average Bonchev–Trinajstić information content (AvgIpc) is 2.82. The van der Waals surface area contributed by atoms with E-state index in [2.05, 4.69) is 0 Å². The Kier molecular flexibility index (Phi) is 4.91. The Labute approximate surface area is 156 Å². The minimum atomic E-state index is -0.548. The number of ketones is 1. The highest BCUT2D eigenvalue weighted by molar-refractivity contribution is 6.63. The van der Waals surface area contributed by atoms with Gasteiger partial charge in [-0.2, -0.15) is 0 Å². The van der Waals surface area contributed by atoms with E-state index in [0.29, 0.717) is 5.56 Å². The van der Waals surface area contributed by atoms with Crippen LogP contribution in [-0.4, -0.2) is 24.1 Å². The minimum absolute atomic E-state index is 0.0594. The van der Waals surface area contributed by atoms with Gasteiger partial charge in [-0.15, -0.1) is 0 Å². The van der Waals surface area contributed by atoms with Gasteiger partial charge >= 0.3 is 7.12 Å². The first-order chi connectivity index (χ1) is 12.2. The Morgan fingerprint density at radius 1 is 0.923 bits per heavy atom. The Balaban J connectivity index is 1.85. The van der Waals surface area contributed by atoms with E-state index in [0.717, 1.165) is 11.0 Å². The van der Waals surface area contributed by atoms with Crippen LogP contribution in [0.4, 0.5) is 0 Å². The van der Waals surface area contributed by atoms with Crippen molar-refractivity contribution >= 4 is 24.4 Å². The molecular weight excluding hydrogens is 323 g/mol. The largest absolute Gasteiger partial charge is 0.495 e. The highest BCUT2D eigenvalue weighted by atomic mass is 16.7. The lowest BCUT2D eigenvalue weighted by molar-refractivity contribution is 0.00578. The third kappa shape index (κ3) is 3.67. The van der Waals surface area contributed by atoms with Crippen molar-refractivity contribution in [3.63, 3.8) is 0 Å². The van der Waals surface area contributed by atoms with Crippen molar-refractivity contribution in [1.29, 1.82) is 0 Å². The van der Waals surface area contributed by atoms with Crippen LogP contribution in [0.5, 0.6) is 0 Å². The molecule has 2 aromatic rings. The molecule has 1 saturated heterocycles. The van der Waals surface area contributed by atoms with Gasteiger partial charge in [0.2, 0.25) is 0 Å². The first-order valence-corrected chi connectivity index (χ1v) is 8.93. The molecule has 0 saturated carbocycles. The molecule has 0 aliphatic carbocycles. The van der Waals surface area contributed by atoms with Crippen LogP contribution in [0.3, 0.4) is 0 Å². The summed E-state index contributed by atoms with van der Waals surface area (Å²) in [5.41, 5.74) is 2.69. The highest BCUT2D eigenvalue weighted by Crippen LogP contribution is 2.36. The minimum Gasteiger partial charge on any atom is -0.399 e. The molecule has 0 unspecified atom stereocenters. The quantitative estimate of drug-likeness (QED) is 0.472. The van der Waals surface area contributed by atoms with E-state index < -0.39 is 18.3 Å². The van der Waals surface area contributed by atoms with Crippen molar-refractivity contribution in [1.82, 2.24) is 0 Å². The summed E-state index contributed by atoms with van der Waals surface area (Å²) in [4.78, 5) is 12.8. The van der Waals surface area contributed by atoms with E-state index in [4.69, 9.17) is 9.31 Å². The van der Waals surface area contributed by atoms with E-state index in [-0.39, 0.29) is 5.78 Å². The van der Waals surface area contributed by atoms with Crippen LogP contribution in [0.15, 0.2) is 54.6 Å². The third-order valence-electron chi connectivity index (χ3n) is 5.24. The van der Waals surface area contributed by atoms with E-state index in [9.17, 15) is 4.79 Å². The fraction of sp³-hybridized carbons (Fsp3) is 0.318. The van der Waals surface area contributed by atoms with Crippen molar-refractivity contribution in [3.8, 4) is 0 Å². The van der Waals surface area contributed by atoms with E-state index in [1.54, 1.807) is 6.08 Å². The van der Waals surface area contributed by atoms with Crippen LogP contribution >= 0.6 is 0 Å². The Hall–Kier alpha value is -2.17. The number of carbonyl (C=O) groups is 1. The van der Waals surface area contributed by atoms with Crippen molar-refractivity contribution in [2.45, 2.75) is 45.8 Å². The second-order valence-corrected chi connectivity index (χ2v) is 7.78. The molecule has 0 aromatic heterocycles. The number of aryl methyl sites for hydroxylation is 1. The summed E-state index contributed by atoms with van der Waals surface area (Å²) < 4.78 is 12.2. The van der Waals surface area contributed by atoms with Crippen LogP contribution in [-0.2, 0) is 9.31 Å². The summed E-state index contributed by atoms with van der Waals surface area (Å²) in [7, 11) is -0.548. The number of hydrogen-bond acceptors (Lipinski definition) is 3. The summed E-state index contributed by atoms with van der Waals surface area (Å²) in [6.07, 6.45) is 3.44.